The van der Waals surface area contributed by atoms with Crippen LogP contribution in [0.4, 0.5) is 4.39 Å². The first kappa shape index (κ1) is 7.60. The molecule has 0 unspecified atom stereocenters. The molecule has 1 nitrogen and oxygen atoms in total. The summed E-state index contributed by atoms with van der Waals surface area (Å²) in [5, 5.41) is 0. The van der Waals surface area contributed by atoms with Crippen molar-refractivity contribution in [3.63, 3.8) is 0 Å². The van der Waals surface area contributed by atoms with Crippen molar-refractivity contribution in [2.24, 2.45) is 5.41 Å². The SMILES string of the molecule is CCC(C)(C)C(=O)F. The van der Waals surface area contributed by atoms with Crippen molar-refractivity contribution in [3.8, 4) is 0 Å². The van der Waals surface area contributed by atoms with E-state index in [1.807, 2.05) is 0 Å². The molecule has 0 bridgehead atoms. The van der Waals surface area contributed by atoms with Gasteiger partial charge in [-0.05, 0) is 6.42 Å². The van der Waals surface area contributed by atoms with E-state index in [0.717, 1.165) is 0 Å². The molecule has 0 fully saturated rings. The van der Waals surface area contributed by atoms with Crippen molar-refractivity contribution < 1.29 is 9.18 Å². The topological polar surface area (TPSA) is 17.1 Å². The molecule has 0 aromatic heterocycles. The quantitative estimate of drug-likeness (QED) is 0.506. The van der Waals surface area contributed by atoms with Crippen LogP contribution in [0.1, 0.15) is 27.2 Å². The highest BCUT2D eigenvalue weighted by Gasteiger charge is 2.24. The fourth-order valence-electron chi connectivity index (χ4n) is 0.139. The predicted molar refractivity (Wildman–Crippen MR) is 30.2 cm³/mol. The Morgan fingerprint density at radius 3 is 2.00 bits per heavy atom. The Morgan fingerprint density at radius 1 is 1.62 bits per heavy atom. The zero-order valence-electron chi connectivity index (χ0n) is 5.49. The van der Waals surface area contributed by atoms with E-state index in [4.69, 9.17) is 0 Å². The molecule has 0 amide bonds. The van der Waals surface area contributed by atoms with E-state index in [1.165, 1.54) is 0 Å². The van der Waals surface area contributed by atoms with Crippen molar-refractivity contribution in [3.05, 3.63) is 0 Å². The molecule has 0 aromatic carbocycles. The maximum Gasteiger partial charge on any atom is 0.307 e. The van der Waals surface area contributed by atoms with Crippen LogP contribution in [-0.4, -0.2) is 6.04 Å². The Balaban J connectivity index is 3.91. The molecule has 48 valence electrons. The molecule has 0 saturated heterocycles. The maximum atomic E-state index is 11.8. The van der Waals surface area contributed by atoms with Crippen LogP contribution in [-0.2, 0) is 4.79 Å². The van der Waals surface area contributed by atoms with Crippen LogP contribution < -0.4 is 0 Å². The molecule has 2 heteroatoms. The molecule has 0 aliphatic heterocycles. The summed E-state index contributed by atoms with van der Waals surface area (Å²) >= 11 is 0. The van der Waals surface area contributed by atoms with E-state index in [1.54, 1.807) is 20.8 Å². The van der Waals surface area contributed by atoms with Crippen molar-refractivity contribution in [2.75, 3.05) is 0 Å². The van der Waals surface area contributed by atoms with Crippen LogP contribution in [0.25, 0.3) is 0 Å². The maximum absolute atomic E-state index is 11.8. The summed E-state index contributed by atoms with van der Waals surface area (Å²) in [6, 6.07) is -1.22. The summed E-state index contributed by atoms with van der Waals surface area (Å²) < 4.78 is 11.8. The smallest absolute Gasteiger partial charge is 0.261 e. The van der Waals surface area contributed by atoms with Gasteiger partial charge in [0.15, 0.2) is 0 Å². The molecule has 0 radical (unpaired) electrons. The molecule has 0 aliphatic carbocycles. The minimum Gasteiger partial charge on any atom is -0.261 e. The summed E-state index contributed by atoms with van der Waals surface area (Å²) in [5.41, 5.74) is -0.764. The normalized spacial score (nSPS) is 11.5. The highest BCUT2D eigenvalue weighted by Crippen LogP contribution is 2.20. The lowest BCUT2D eigenvalue weighted by atomic mass is 9.92. The van der Waals surface area contributed by atoms with Gasteiger partial charge in [0.2, 0.25) is 0 Å². The van der Waals surface area contributed by atoms with Gasteiger partial charge >= 0.3 is 6.04 Å². The van der Waals surface area contributed by atoms with Crippen LogP contribution in [0.2, 0.25) is 0 Å². The van der Waals surface area contributed by atoms with Gasteiger partial charge in [-0.25, -0.2) is 0 Å². The molecule has 0 aliphatic rings. The second kappa shape index (κ2) is 2.25. The Labute approximate surface area is 48.9 Å². The third kappa shape index (κ3) is 1.60. The van der Waals surface area contributed by atoms with Gasteiger partial charge in [-0.15, -0.1) is 0 Å². The molecule has 0 spiro atoms. The van der Waals surface area contributed by atoms with Crippen LogP contribution in [0, 0.1) is 5.41 Å². The van der Waals surface area contributed by atoms with Gasteiger partial charge < -0.3 is 0 Å². The Bertz CT molecular complexity index is 96.7. The predicted octanol–water partition coefficient (Wildman–Crippen LogP) is 1.92. The van der Waals surface area contributed by atoms with E-state index in [2.05, 4.69) is 0 Å². The van der Waals surface area contributed by atoms with Gasteiger partial charge in [-0.3, -0.25) is 4.79 Å². The number of hydrogen-bond acceptors (Lipinski definition) is 1. The number of hydrogen-bond donors (Lipinski definition) is 0. The molecule has 0 rings (SSSR count). The molecular weight excluding hydrogens is 107 g/mol. The highest BCUT2D eigenvalue weighted by atomic mass is 19.1. The summed E-state index contributed by atoms with van der Waals surface area (Å²) in [4.78, 5) is 10.0. The van der Waals surface area contributed by atoms with E-state index in [9.17, 15) is 9.18 Å². The summed E-state index contributed by atoms with van der Waals surface area (Å²) in [6.45, 7) is 4.97. The van der Waals surface area contributed by atoms with Gasteiger partial charge in [0.05, 0.1) is 5.41 Å². The molecule has 8 heavy (non-hydrogen) atoms. The zero-order chi connectivity index (χ0) is 6.78. The lowest BCUT2D eigenvalue weighted by Gasteiger charge is -2.13. The van der Waals surface area contributed by atoms with E-state index in [0.29, 0.717) is 6.42 Å². The van der Waals surface area contributed by atoms with Crippen LogP contribution >= 0.6 is 0 Å². The van der Waals surface area contributed by atoms with Crippen molar-refractivity contribution in [1.82, 2.24) is 0 Å². The fourth-order valence-corrected chi connectivity index (χ4v) is 0.139. The standard InChI is InChI=1S/C6H11FO/c1-4-6(2,3)5(7)8/h4H2,1-3H3. The van der Waals surface area contributed by atoms with Gasteiger partial charge in [-0.1, -0.05) is 20.8 Å². The monoisotopic (exact) mass is 118 g/mol. The Morgan fingerprint density at radius 2 is 2.00 bits per heavy atom. The zero-order valence-corrected chi connectivity index (χ0v) is 5.49. The Hall–Kier alpha value is -0.400. The molecule has 0 saturated carbocycles. The summed E-state index contributed by atoms with van der Waals surface area (Å²) in [7, 11) is 0. The summed E-state index contributed by atoms with van der Waals surface area (Å²) in [5.74, 6) is 0. The first-order valence-corrected chi connectivity index (χ1v) is 2.70. The van der Waals surface area contributed by atoms with Gasteiger partial charge in [-0.2, -0.15) is 4.39 Å². The lowest BCUT2D eigenvalue weighted by molar-refractivity contribution is -0.138. The molecule has 0 N–H and O–H groups in total. The van der Waals surface area contributed by atoms with E-state index >= 15 is 0 Å². The first-order valence-electron chi connectivity index (χ1n) is 2.70. The number of rotatable bonds is 2. The van der Waals surface area contributed by atoms with Gasteiger partial charge in [0.25, 0.3) is 0 Å². The van der Waals surface area contributed by atoms with E-state index in [-0.39, 0.29) is 0 Å². The Kier molecular flexibility index (Phi) is 2.13. The molecular formula is C6H11FO. The molecule has 0 heterocycles. The minimum absolute atomic E-state index is 0.558. The number of halogens is 1. The lowest BCUT2D eigenvalue weighted by Crippen LogP contribution is -2.18. The van der Waals surface area contributed by atoms with Crippen molar-refractivity contribution >= 4 is 6.04 Å². The van der Waals surface area contributed by atoms with E-state index < -0.39 is 11.5 Å². The average Bonchev–Trinajstić information content (AvgIpc) is 1.67. The van der Waals surface area contributed by atoms with Crippen molar-refractivity contribution in [1.29, 1.82) is 0 Å². The fraction of sp³-hybridized carbons (Fsp3) is 0.833. The number of carbonyl (C=O) groups excluding carboxylic acids is 1. The third-order valence-corrected chi connectivity index (χ3v) is 1.42. The van der Waals surface area contributed by atoms with Crippen molar-refractivity contribution in [2.45, 2.75) is 27.2 Å². The van der Waals surface area contributed by atoms with Crippen LogP contribution in [0.3, 0.4) is 0 Å². The first-order chi connectivity index (χ1) is 3.50. The second-order valence-corrected chi connectivity index (χ2v) is 2.51. The van der Waals surface area contributed by atoms with Gasteiger partial charge in [0.1, 0.15) is 0 Å². The average molecular weight is 118 g/mol. The second-order valence-electron chi connectivity index (χ2n) is 2.51. The third-order valence-electron chi connectivity index (χ3n) is 1.42. The highest BCUT2D eigenvalue weighted by molar-refractivity contribution is 5.74. The van der Waals surface area contributed by atoms with Crippen LogP contribution in [0.5, 0.6) is 0 Å². The minimum atomic E-state index is -1.22. The summed E-state index contributed by atoms with van der Waals surface area (Å²) in [6.07, 6.45) is 0.558. The largest absolute Gasteiger partial charge is 0.307 e. The van der Waals surface area contributed by atoms with Crippen LogP contribution in [0.15, 0.2) is 0 Å². The molecule has 0 atom stereocenters. The van der Waals surface area contributed by atoms with Gasteiger partial charge in [0, 0.05) is 0 Å². The number of carbonyl (C=O) groups is 1. The molecule has 0 aromatic rings.